The number of hydrogen-bond donors (Lipinski definition) is 3. The standard InChI is InChI=1S/C4H9N5/c5-2-1-3-7-4(6)9-8-3/h1-2,5H2,(H3,6,7,8,9)/p+2. The van der Waals surface area contributed by atoms with Gasteiger partial charge in [-0.1, -0.05) is 0 Å². The molecule has 0 amide bonds. The first-order chi connectivity index (χ1) is 4.33. The van der Waals surface area contributed by atoms with Gasteiger partial charge < -0.3 is 11.5 Å². The highest BCUT2D eigenvalue weighted by atomic mass is 15.3. The quantitative estimate of drug-likeness (QED) is 0.414. The molecular formula is C4H11N5+2. The van der Waals surface area contributed by atoms with Crippen molar-refractivity contribution in [2.24, 2.45) is 0 Å². The zero-order chi connectivity index (χ0) is 6.69. The van der Waals surface area contributed by atoms with E-state index in [9.17, 15) is 0 Å². The highest BCUT2D eigenvalue weighted by Crippen LogP contribution is 1.82. The van der Waals surface area contributed by atoms with Crippen molar-refractivity contribution in [3.8, 4) is 0 Å². The van der Waals surface area contributed by atoms with Crippen LogP contribution in [0.5, 0.6) is 0 Å². The Bertz CT molecular complexity index is 181. The number of nitrogen functional groups attached to an aromatic ring is 1. The minimum Gasteiger partial charge on any atom is -0.357 e. The average Bonchev–Trinajstić information content (AvgIpc) is 2.17. The monoisotopic (exact) mass is 129 g/mol. The van der Waals surface area contributed by atoms with E-state index in [2.05, 4.69) is 20.9 Å². The molecule has 1 aromatic heterocycles. The predicted molar refractivity (Wildman–Crippen MR) is 31.0 cm³/mol. The Balaban J connectivity index is 2.61. The molecule has 0 aliphatic rings. The third-order valence-corrected chi connectivity index (χ3v) is 1.02. The maximum absolute atomic E-state index is 5.29. The van der Waals surface area contributed by atoms with E-state index in [-0.39, 0.29) is 0 Å². The molecule has 0 aliphatic carbocycles. The fourth-order valence-corrected chi connectivity index (χ4v) is 0.633. The Kier molecular flexibility index (Phi) is 1.64. The minimum atomic E-state index is 0.429. The molecule has 9 heavy (non-hydrogen) atoms. The van der Waals surface area contributed by atoms with Crippen LogP contribution in [0.25, 0.3) is 0 Å². The average molecular weight is 129 g/mol. The zero-order valence-electron chi connectivity index (χ0n) is 5.15. The number of nitrogens with one attached hydrogen (secondary N) is 2. The van der Waals surface area contributed by atoms with Gasteiger partial charge in [0.05, 0.1) is 13.0 Å². The summed E-state index contributed by atoms with van der Waals surface area (Å²) in [7, 11) is 0. The summed E-state index contributed by atoms with van der Waals surface area (Å²) >= 11 is 0. The summed E-state index contributed by atoms with van der Waals surface area (Å²) in [6.45, 7) is 0.845. The fourth-order valence-electron chi connectivity index (χ4n) is 0.633. The van der Waals surface area contributed by atoms with Crippen LogP contribution in [0.3, 0.4) is 0 Å². The van der Waals surface area contributed by atoms with Crippen LogP contribution in [0, 0.1) is 0 Å². The van der Waals surface area contributed by atoms with Crippen LogP contribution in [-0.4, -0.2) is 16.7 Å². The second-order valence-corrected chi connectivity index (χ2v) is 1.82. The van der Waals surface area contributed by atoms with E-state index in [1.807, 2.05) is 0 Å². The minimum absolute atomic E-state index is 0.429. The molecule has 0 bridgehead atoms. The lowest BCUT2D eigenvalue weighted by molar-refractivity contribution is -0.395. The van der Waals surface area contributed by atoms with Crippen molar-refractivity contribution in [1.82, 2.24) is 10.2 Å². The van der Waals surface area contributed by atoms with E-state index in [1.54, 1.807) is 0 Å². The summed E-state index contributed by atoms with van der Waals surface area (Å²) in [5, 5.41) is 6.44. The summed E-state index contributed by atoms with van der Waals surface area (Å²) in [5.74, 6) is 1.36. The lowest BCUT2D eigenvalue weighted by Gasteiger charge is -1.79. The summed E-state index contributed by atoms with van der Waals surface area (Å²) in [6, 6.07) is 0. The van der Waals surface area contributed by atoms with E-state index >= 15 is 0 Å². The van der Waals surface area contributed by atoms with Crippen molar-refractivity contribution < 1.29 is 10.7 Å². The molecule has 1 aromatic rings. The van der Waals surface area contributed by atoms with Gasteiger partial charge in [-0.15, -0.1) is 0 Å². The molecule has 1 rings (SSSR count). The number of aromatic nitrogens is 3. The molecule has 0 aliphatic heterocycles. The number of hydrogen-bond acceptors (Lipinski definition) is 2. The second-order valence-electron chi connectivity index (χ2n) is 1.82. The van der Waals surface area contributed by atoms with Crippen LogP contribution >= 0.6 is 0 Å². The number of nitrogens with zero attached hydrogens (tertiary/aromatic N) is 1. The molecule has 0 unspecified atom stereocenters. The van der Waals surface area contributed by atoms with Crippen LogP contribution < -0.4 is 16.5 Å². The lowest BCUT2D eigenvalue weighted by Crippen LogP contribution is -2.51. The highest BCUT2D eigenvalue weighted by molar-refractivity contribution is 5.00. The molecule has 50 valence electrons. The van der Waals surface area contributed by atoms with Crippen molar-refractivity contribution in [2.75, 3.05) is 12.3 Å². The van der Waals surface area contributed by atoms with Gasteiger partial charge in [-0.25, -0.2) is 4.98 Å². The third-order valence-electron chi connectivity index (χ3n) is 1.02. The summed E-state index contributed by atoms with van der Waals surface area (Å²) < 4.78 is 0. The van der Waals surface area contributed by atoms with E-state index < -0.39 is 0 Å². The number of quaternary nitrogens is 1. The van der Waals surface area contributed by atoms with Crippen LogP contribution in [0.4, 0.5) is 5.95 Å². The first-order valence-electron chi connectivity index (χ1n) is 2.84. The van der Waals surface area contributed by atoms with Crippen LogP contribution in [0.15, 0.2) is 0 Å². The van der Waals surface area contributed by atoms with E-state index in [0.29, 0.717) is 5.95 Å². The molecule has 0 saturated carbocycles. The molecule has 0 aromatic carbocycles. The molecule has 5 heteroatoms. The van der Waals surface area contributed by atoms with Gasteiger partial charge >= 0.3 is 5.95 Å². The predicted octanol–water partition coefficient (Wildman–Crippen LogP) is -2.41. The molecule has 5 nitrogen and oxygen atoms in total. The van der Waals surface area contributed by atoms with E-state index in [1.165, 1.54) is 0 Å². The number of nitrogens with two attached hydrogens (primary N) is 1. The van der Waals surface area contributed by atoms with Gasteiger partial charge in [0.2, 0.25) is 5.82 Å². The van der Waals surface area contributed by atoms with E-state index in [4.69, 9.17) is 5.73 Å². The zero-order valence-corrected chi connectivity index (χ0v) is 5.15. The number of aromatic amines is 2. The molecule has 1 heterocycles. The Hall–Kier alpha value is -1.10. The van der Waals surface area contributed by atoms with Crippen molar-refractivity contribution in [1.29, 1.82) is 0 Å². The van der Waals surface area contributed by atoms with Crippen molar-refractivity contribution in [3.05, 3.63) is 5.82 Å². The van der Waals surface area contributed by atoms with Gasteiger partial charge in [-0.3, -0.25) is 0 Å². The van der Waals surface area contributed by atoms with Gasteiger partial charge in [0.1, 0.15) is 0 Å². The van der Waals surface area contributed by atoms with Crippen LogP contribution in [0.2, 0.25) is 0 Å². The molecule has 0 fully saturated rings. The van der Waals surface area contributed by atoms with Gasteiger partial charge in [0.15, 0.2) is 0 Å². The lowest BCUT2D eigenvalue weighted by atomic mass is 10.4. The molecular weight excluding hydrogens is 118 g/mol. The Morgan fingerprint density at radius 2 is 2.56 bits per heavy atom. The Morgan fingerprint density at radius 1 is 1.78 bits per heavy atom. The Morgan fingerprint density at radius 3 is 3.00 bits per heavy atom. The first-order valence-corrected chi connectivity index (χ1v) is 2.84. The number of H-pyrrole nitrogens is 2. The normalized spacial score (nSPS) is 9.89. The smallest absolute Gasteiger partial charge is 0.357 e. The van der Waals surface area contributed by atoms with Gasteiger partial charge in [0, 0.05) is 5.10 Å². The SMILES string of the molecule is Nc1n[nH]c(CC[NH3+])[nH+]1. The molecule has 0 spiro atoms. The number of rotatable bonds is 2. The molecule has 0 radical (unpaired) electrons. The molecule has 0 saturated heterocycles. The fraction of sp³-hybridized carbons (Fsp3) is 0.500. The van der Waals surface area contributed by atoms with Crippen molar-refractivity contribution >= 4 is 5.95 Å². The highest BCUT2D eigenvalue weighted by Gasteiger charge is 2.02. The van der Waals surface area contributed by atoms with Gasteiger partial charge in [0.25, 0.3) is 0 Å². The number of anilines is 1. The second kappa shape index (κ2) is 2.45. The van der Waals surface area contributed by atoms with Crippen LogP contribution in [0.1, 0.15) is 5.82 Å². The van der Waals surface area contributed by atoms with E-state index in [0.717, 1.165) is 18.8 Å². The third kappa shape index (κ3) is 1.39. The Labute approximate surface area is 52.5 Å². The topological polar surface area (TPSA) is 96.5 Å². The molecule has 7 N–H and O–H groups in total. The maximum Gasteiger partial charge on any atom is 0.372 e. The van der Waals surface area contributed by atoms with Crippen molar-refractivity contribution in [3.63, 3.8) is 0 Å². The largest absolute Gasteiger partial charge is 0.372 e. The van der Waals surface area contributed by atoms with Crippen molar-refractivity contribution in [2.45, 2.75) is 6.42 Å². The first kappa shape index (κ1) is 6.03. The summed E-state index contributed by atoms with van der Waals surface area (Å²) in [4.78, 5) is 2.85. The summed E-state index contributed by atoms with van der Waals surface area (Å²) in [5.41, 5.74) is 8.97. The van der Waals surface area contributed by atoms with Gasteiger partial charge in [-0.2, -0.15) is 5.10 Å². The molecule has 0 atom stereocenters. The maximum atomic E-state index is 5.29. The van der Waals surface area contributed by atoms with Gasteiger partial charge in [-0.05, 0) is 0 Å². The summed E-state index contributed by atoms with van der Waals surface area (Å²) in [6.07, 6.45) is 0.865. The van der Waals surface area contributed by atoms with Crippen LogP contribution in [-0.2, 0) is 6.42 Å².